The molecule has 0 spiro atoms. The molecule has 37 heavy (non-hydrogen) atoms. The zero-order valence-corrected chi connectivity index (χ0v) is 20.8. The first kappa shape index (κ1) is 21.7. The lowest BCUT2D eigenvalue weighted by molar-refractivity contribution is 0.592. The van der Waals surface area contributed by atoms with Gasteiger partial charge in [-0.2, -0.15) is 0 Å². The van der Waals surface area contributed by atoms with Crippen LogP contribution in [0.2, 0.25) is 0 Å². The van der Waals surface area contributed by atoms with E-state index >= 15 is 0 Å². The highest BCUT2D eigenvalue weighted by atomic mass is 31.2. The molecule has 4 nitrogen and oxygen atoms in total. The van der Waals surface area contributed by atoms with E-state index in [1.165, 1.54) is 0 Å². The number of hydrogen-bond acceptors (Lipinski definition) is 3. The van der Waals surface area contributed by atoms with Gasteiger partial charge in [-0.25, -0.2) is 9.97 Å². The van der Waals surface area contributed by atoms with E-state index in [1.54, 1.807) is 0 Å². The smallest absolute Gasteiger partial charge is 0.171 e. The van der Waals surface area contributed by atoms with Gasteiger partial charge in [0.05, 0.1) is 16.6 Å². The quantitative estimate of drug-likeness (QED) is 0.268. The summed E-state index contributed by atoms with van der Waals surface area (Å²) in [7, 11) is -3.04. The molecular weight excluding hydrogens is 473 g/mol. The molecule has 0 fully saturated rings. The van der Waals surface area contributed by atoms with Crippen LogP contribution in [-0.4, -0.2) is 14.4 Å². The molecule has 0 saturated heterocycles. The number of benzene rings is 5. The minimum absolute atomic E-state index is 0.793. The normalized spacial score (nSPS) is 11.9. The van der Waals surface area contributed by atoms with Crippen LogP contribution in [-0.2, 0) is 4.57 Å². The van der Waals surface area contributed by atoms with Crippen molar-refractivity contribution in [2.24, 2.45) is 0 Å². The number of hydrogen-bond donors (Lipinski definition) is 0. The van der Waals surface area contributed by atoms with Crippen molar-refractivity contribution < 1.29 is 4.57 Å². The van der Waals surface area contributed by atoms with Crippen LogP contribution >= 0.6 is 7.14 Å². The van der Waals surface area contributed by atoms with Gasteiger partial charge in [-0.3, -0.25) is 4.40 Å². The Balaban J connectivity index is 1.45. The van der Waals surface area contributed by atoms with Crippen LogP contribution in [0.25, 0.3) is 39.0 Å². The predicted octanol–water partition coefficient (Wildman–Crippen LogP) is 6.34. The third-order valence-corrected chi connectivity index (χ3v) is 9.95. The van der Waals surface area contributed by atoms with Crippen LogP contribution in [0, 0.1) is 0 Å². The lowest BCUT2D eigenvalue weighted by atomic mass is 10.2. The Bertz CT molecular complexity index is 1900. The SMILES string of the molecule is O=P(c1ccccc1)(c1ccccc1)c1ccc(-c2nc3ccccc3c3nc4ccccc4n23)cc1. The summed E-state index contributed by atoms with van der Waals surface area (Å²) >= 11 is 0. The summed E-state index contributed by atoms with van der Waals surface area (Å²) in [6.45, 7) is 0. The summed E-state index contributed by atoms with van der Waals surface area (Å²) in [5, 5.41) is 3.44. The van der Waals surface area contributed by atoms with Crippen LogP contribution in [0.3, 0.4) is 0 Å². The largest absolute Gasteiger partial charge is 0.309 e. The van der Waals surface area contributed by atoms with Crippen molar-refractivity contribution in [2.75, 3.05) is 0 Å². The van der Waals surface area contributed by atoms with Gasteiger partial charge in [-0.15, -0.1) is 0 Å². The molecule has 0 unspecified atom stereocenters. The summed E-state index contributed by atoms with van der Waals surface area (Å²) in [6.07, 6.45) is 0. The maximum absolute atomic E-state index is 14.8. The molecule has 0 aliphatic rings. The molecule has 5 aromatic carbocycles. The molecule has 5 heteroatoms. The van der Waals surface area contributed by atoms with Gasteiger partial charge in [0.1, 0.15) is 11.5 Å². The number of aromatic nitrogens is 3. The number of fused-ring (bicyclic) bond motifs is 5. The molecule has 2 heterocycles. The Kier molecular flexibility index (Phi) is 5.02. The van der Waals surface area contributed by atoms with Crippen LogP contribution in [0.1, 0.15) is 0 Å². The Labute approximate surface area is 214 Å². The van der Waals surface area contributed by atoms with E-state index < -0.39 is 7.14 Å². The van der Waals surface area contributed by atoms with Gasteiger partial charge >= 0.3 is 0 Å². The molecule has 7 rings (SSSR count). The summed E-state index contributed by atoms with van der Waals surface area (Å²) in [6, 6.07) is 43.7. The fourth-order valence-electron chi connectivity index (χ4n) is 5.08. The van der Waals surface area contributed by atoms with Gasteiger partial charge in [0.25, 0.3) is 0 Å². The van der Waals surface area contributed by atoms with E-state index in [0.29, 0.717) is 0 Å². The van der Waals surface area contributed by atoms with Crippen LogP contribution in [0.4, 0.5) is 0 Å². The first-order chi connectivity index (χ1) is 18.2. The Morgan fingerprint density at radius 3 is 1.73 bits per heavy atom. The molecule has 0 amide bonds. The van der Waals surface area contributed by atoms with E-state index in [4.69, 9.17) is 9.97 Å². The molecule has 0 aliphatic heterocycles. The summed E-state index contributed by atoms with van der Waals surface area (Å²) < 4.78 is 16.9. The highest BCUT2D eigenvalue weighted by Crippen LogP contribution is 2.42. The van der Waals surface area contributed by atoms with E-state index in [1.807, 2.05) is 121 Å². The van der Waals surface area contributed by atoms with E-state index in [9.17, 15) is 4.57 Å². The molecular formula is C32H22N3OP. The molecule has 0 N–H and O–H groups in total. The van der Waals surface area contributed by atoms with E-state index in [0.717, 1.165) is 54.9 Å². The van der Waals surface area contributed by atoms with Crippen molar-refractivity contribution in [1.29, 1.82) is 0 Å². The average molecular weight is 496 g/mol. The first-order valence-corrected chi connectivity index (χ1v) is 13.9. The number of rotatable bonds is 4. The van der Waals surface area contributed by atoms with Crippen molar-refractivity contribution >= 4 is 50.6 Å². The second kappa shape index (κ2) is 8.55. The zero-order valence-electron chi connectivity index (χ0n) is 19.9. The Morgan fingerprint density at radius 1 is 0.514 bits per heavy atom. The van der Waals surface area contributed by atoms with E-state index in [2.05, 4.69) is 16.5 Å². The Hall–Kier alpha value is -4.53. The van der Waals surface area contributed by atoms with Crippen LogP contribution < -0.4 is 15.9 Å². The summed E-state index contributed by atoms with van der Waals surface area (Å²) in [4.78, 5) is 10.0. The first-order valence-electron chi connectivity index (χ1n) is 12.2. The van der Waals surface area contributed by atoms with Crippen LogP contribution in [0.5, 0.6) is 0 Å². The van der Waals surface area contributed by atoms with Gasteiger partial charge in [-0.1, -0.05) is 109 Å². The van der Waals surface area contributed by atoms with Gasteiger partial charge in [-0.05, 0) is 24.3 Å². The maximum atomic E-state index is 14.8. The van der Waals surface area contributed by atoms with Crippen molar-refractivity contribution in [1.82, 2.24) is 14.4 Å². The molecule has 0 saturated carbocycles. The van der Waals surface area contributed by atoms with Gasteiger partial charge in [0.15, 0.2) is 7.14 Å². The third-order valence-electron chi connectivity index (χ3n) is 6.87. The lowest BCUT2D eigenvalue weighted by Gasteiger charge is -2.20. The van der Waals surface area contributed by atoms with Gasteiger partial charge in [0.2, 0.25) is 0 Å². The zero-order chi connectivity index (χ0) is 24.8. The predicted molar refractivity (Wildman–Crippen MR) is 153 cm³/mol. The fraction of sp³-hybridized carbons (Fsp3) is 0. The molecule has 0 aliphatic carbocycles. The van der Waals surface area contributed by atoms with Crippen molar-refractivity contribution in [3.8, 4) is 11.4 Å². The van der Waals surface area contributed by atoms with Crippen molar-refractivity contribution in [2.45, 2.75) is 0 Å². The minimum atomic E-state index is -3.04. The third kappa shape index (κ3) is 3.41. The molecule has 0 atom stereocenters. The van der Waals surface area contributed by atoms with Gasteiger partial charge < -0.3 is 4.57 Å². The average Bonchev–Trinajstić information content (AvgIpc) is 3.37. The number of imidazole rings is 1. The summed E-state index contributed by atoms with van der Waals surface area (Å²) in [5.74, 6) is 0.809. The monoisotopic (exact) mass is 495 g/mol. The Morgan fingerprint density at radius 2 is 1.05 bits per heavy atom. The highest BCUT2D eigenvalue weighted by Gasteiger charge is 2.29. The molecule has 2 aromatic heterocycles. The molecule has 0 bridgehead atoms. The maximum Gasteiger partial charge on any atom is 0.171 e. The van der Waals surface area contributed by atoms with E-state index in [-0.39, 0.29) is 0 Å². The second-order valence-corrected chi connectivity index (χ2v) is 11.8. The number of para-hydroxylation sites is 3. The highest BCUT2D eigenvalue weighted by molar-refractivity contribution is 7.85. The van der Waals surface area contributed by atoms with Crippen molar-refractivity contribution in [3.63, 3.8) is 0 Å². The standard InChI is InChI=1S/C32H22N3OP/c36-37(24-11-3-1-4-12-24,25-13-5-2-6-14-25)26-21-19-23(20-22-26)31-33-28-16-8-7-15-27(28)32-34-29-17-9-10-18-30(29)35(31)32/h1-22H. The topological polar surface area (TPSA) is 47.3 Å². The van der Waals surface area contributed by atoms with Gasteiger partial charge in [0, 0.05) is 26.9 Å². The summed E-state index contributed by atoms with van der Waals surface area (Å²) in [5.41, 5.74) is 4.65. The fourth-order valence-corrected chi connectivity index (χ4v) is 7.73. The lowest BCUT2D eigenvalue weighted by Crippen LogP contribution is -2.24. The van der Waals surface area contributed by atoms with Crippen LogP contribution in [0.15, 0.2) is 133 Å². The molecule has 176 valence electrons. The second-order valence-electron chi connectivity index (χ2n) is 9.04. The molecule has 0 radical (unpaired) electrons. The molecule has 7 aromatic rings. The number of nitrogens with zero attached hydrogens (tertiary/aromatic N) is 3. The van der Waals surface area contributed by atoms with Crippen molar-refractivity contribution in [3.05, 3.63) is 133 Å². The minimum Gasteiger partial charge on any atom is -0.309 e.